The molecule has 2 aromatic carbocycles. The topological polar surface area (TPSA) is 37.4 Å². The Morgan fingerprint density at radius 3 is 2.23 bits per heavy atom. The summed E-state index contributed by atoms with van der Waals surface area (Å²) in [5, 5.41) is 0. The fraction of sp³-hybridized carbons (Fsp3) is 0.407. The minimum atomic E-state index is -0.141. The Labute approximate surface area is 190 Å². The van der Waals surface area contributed by atoms with Crippen LogP contribution in [0.2, 0.25) is 0 Å². The average molecular weight is 436 g/mol. The molecule has 164 valence electrons. The number of unbranched alkanes of at least 4 members (excludes halogenated alkanes) is 5. The molecule has 4 heteroatoms. The summed E-state index contributed by atoms with van der Waals surface area (Å²) >= 11 is 1.48. The molecule has 3 rings (SSSR count). The lowest BCUT2D eigenvalue weighted by molar-refractivity contribution is -0.136. The van der Waals surface area contributed by atoms with E-state index < -0.39 is 0 Å². The highest BCUT2D eigenvalue weighted by atomic mass is 32.2. The fourth-order valence-electron chi connectivity index (χ4n) is 3.82. The molecule has 0 radical (unpaired) electrons. The van der Waals surface area contributed by atoms with Crippen molar-refractivity contribution < 1.29 is 9.59 Å². The number of nitrogens with zero attached hydrogens (tertiary/aromatic N) is 1. The molecule has 0 saturated heterocycles. The third-order valence-corrected chi connectivity index (χ3v) is 7.03. The van der Waals surface area contributed by atoms with Gasteiger partial charge < -0.3 is 0 Å². The quantitative estimate of drug-likeness (QED) is 0.292. The summed E-state index contributed by atoms with van der Waals surface area (Å²) in [7, 11) is 0. The van der Waals surface area contributed by atoms with Gasteiger partial charge in [-0.15, -0.1) is 11.8 Å². The van der Waals surface area contributed by atoms with Crippen molar-refractivity contribution in [2.75, 3.05) is 6.54 Å². The summed E-state index contributed by atoms with van der Waals surface area (Å²) in [6, 6.07) is 16.1. The zero-order chi connectivity index (χ0) is 22.2. The van der Waals surface area contributed by atoms with E-state index in [2.05, 4.69) is 26.0 Å². The number of imide groups is 1. The number of carbonyl (C=O) groups excluding carboxylic acids is 2. The summed E-state index contributed by atoms with van der Waals surface area (Å²) in [6.45, 7) is 6.82. The van der Waals surface area contributed by atoms with Crippen LogP contribution in [0.5, 0.6) is 0 Å². The number of carbonyl (C=O) groups is 2. The second-order valence-corrected chi connectivity index (χ2v) is 9.29. The highest BCUT2D eigenvalue weighted by Gasteiger charge is 2.38. The van der Waals surface area contributed by atoms with Crippen LogP contribution < -0.4 is 0 Å². The molecule has 1 aliphatic heterocycles. The van der Waals surface area contributed by atoms with Crippen molar-refractivity contribution in [3.05, 3.63) is 75.7 Å². The van der Waals surface area contributed by atoms with Gasteiger partial charge in [0.05, 0.1) is 10.5 Å². The van der Waals surface area contributed by atoms with Gasteiger partial charge in [-0.2, -0.15) is 0 Å². The number of hydrogen-bond donors (Lipinski definition) is 0. The van der Waals surface area contributed by atoms with E-state index in [4.69, 9.17) is 0 Å². The van der Waals surface area contributed by atoms with Crippen LogP contribution in [0.15, 0.2) is 53.4 Å². The van der Waals surface area contributed by atoms with Crippen LogP contribution in [0.3, 0.4) is 0 Å². The summed E-state index contributed by atoms with van der Waals surface area (Å²) in [4.78, 5) is 28.7. The second-order valence-electron chi connectivity index (χ2n) is 8.31. The van der Waals surface area contributed by atoms with Gasteiger partial charge >= 0.3 is 0 Å². The number of rotatable bonds is 11. The lowest BCUT2D eigenvalue weighted by Crippen LogP contribution is -2.32. The van der Waals surface area contributed by atoms with Crippen molar-refractivity contribution >= 4 is 29.1 Å². The Hall–Kier alpha value is -2.33. The lowest BCUT2D eigenvalue weighted by atomic mass is 10.0. The first kappa shape index (κ1) is 23.3. The van der Waals surface area contributed by atoms with Crippen molar-refractivity contribution in [2.24, 2.45) is 0 Å². The van der Waals surface area contributed by atoms with Crippen molar-refractivity contribution in [1.29, 1.82) is 0 Å². The number of thioether (sulfide) groups is 1. The van der Waals surface area contributed by atoms with Gasteiger partial charge in [0, 0.05) is 12.3 Å². The first-order valence-electron chi connectivity index (χ1n) is 11.4. The van der Waals surface area contributed by atoms with Crippen LogP contribution in [-0.4, -0.2) is 23.3 Å². The summed E-state index contributed by atoms with van der Waals surface area (Å²) in [5.41, 5.74) is 4.88. The molecular weight excluding hydrogens is 402 g/mol. The van der Waals surface area contributed by atoms with Gasteiger partial charge in [0.25, 0.3) is 11.8 Å². The van der Waals surface area contributed by atoms with Gasteiger partial charge in [-0.25, -0.2) is 0 Å². The zero-order valence-electron chi connectivity index (χ0n) is 18.9. The second kappa shape index (κ2) is 11.3. The Morgan fingerprint density at radius 2 is 1.52 bits per heavy atom. The van der Waals surface area contributed by atoms with E-state index in [1.54, 1.807) is 0 Å². The highest BCUT2D eigenvalue weighted by Crippen LogP contribution is 2.38. The third kappa shape index (κ3) is 5.88. The maximum absolute atomic E-state index is 13.3. The minimum absolute atomic E-state index is 0.132. The molecule has 0 fully saturated rings. The van der Waals surface area contributed by atoms with Crippen LogP contribution in [0.1, 0.15) is 67.7 Å². The summed E-state index contributed by atoms with van der Waals surface area (Å²) < 4.78 is 0. The maximum atomic E-state index is 13.3. The summed E-state index contributed by atoms with van der Waals surface area (Å²) in [5.74, 6) is 0.402. The number of benzene rings is 2. The maximum Gasteiger partial charge on any atom is 0.267 e. The van der Waals surface area contributed by atoms with Crippen LogP contribution >= 0.6 is 11.8 Å². The molecule has 0 unspecified atom stereocenters. The van der Waals surface area contributed by atoms with E-state index in [1.807, 2.05) is 43.3 Å². The summed E-state index contributed by atoms with van der Waals surface area (Å²) in [6.07, 6.45) is 6.79. The molecule has 1 aliphatic rings. The average Bonchev–Trinajstić information content (AvgIpc) is 3.01. The predicted octanol–water partition coefficient (Wildman–Crippen LogP) is 6.68. The van der Waals surface area contributed by atoms with Gasteiger partial charge in [0.1, 0.15) is 0 Å². The first-order chi connectivity index (χ1) is 15.0. The largest absolute Gasteiger partial charge is 0.274 e. The molecule has 0 N–H and O–H groups in total. The molecule has 0 spiro atoms. The molecule has 2 aromatic rings. The molecule has 31 heavy (non-hydrogen) atoms. The van der Waals surface area contributed by atoms with E-state index in [0.29, 0.717) is 22.8 Å². The Morgan fingerprint density at radius 1 is 0.806 bits per heavy atom. The van der Waals surface area contributed by atoms with E-state index in [9.17, 15) is 9.59 Å². The van der Waals surface area contributed by atoms with E-state index >= 15 is 0 Å². The predicted molar refractivity (Wildman–Crippen MR) is 131 cm³/mol. The molecule has 1 heterocycles. The number of hydrogen-bond acceptors (Lipinski definition) is 3. The van der Waals surface area contributed by atoms with Gasteiger partial charge in [0.2, 0.25) is 0 Å². The molecule has 0 atom stereocenters. The molecule has 0 aliphatic carbocycles. The van der Waals surface area contributed by atoms with Crippen LogP contribution in [0.25, 0.3) is 5.57 Å². The standard InChI is InChI=1S/C27H33NO2S/c1-4-5-6-7-8-12-17-28-26(29)24(23-16-15-20(2)21(3)18-23)25(27(28)30)31-19-22-13-10-9-11-14-22/h9-11,13-16,18H,4-8,12,17,19H2,1-3H3. The molecule has 0 bridgehead atoms. The van der Waals surface area contributed by atoms with E-state index in [-0.39, 0.29) is 11.8 Å². The molecular formula is C27H33NO2S. The van der Waals surface area contributed by atoms with Crippen LogP contribution in [-0.2, 0) is 15.3 Å². The van der Waals surface area contributed by atoms with Crippen molar-refractivity contribution in [1.82, 2.24) is 4.90 Å². The lowest BCUT2D eigenvalue weighted by Gasteiger charge is -2.15. The SMILES string of the molecule is CCCCCCCCN1C(=O)C(SCc2ccccc2)=C(c2ccc(C)c(C)c2)C1=O. The molecule has 0 saturated carbocycles. The normalized spacial score (nSPS) is 14.1. The van der Waals surface area contributed by atoms with E-state index in [1.165, 1.54) is 41.5 Å². The smallest absolute Gasteiger partial charge is 0.267 e. The number of aryl methyl sites for hydroxylation is 2. The van der Waals surface area contributed by atoms with Crippen molar-refractivity contribution in [3.63, 3.8) is 0 Å². The van der Waals surface area contributed by atoms with Gasteiger partial charge in [-0.1, -0.05) is 87.6 Å². The van der Waals surface area contributed by atoms with E-state index in [0.717, 1.165) is 36.0 Å². The number of amides is 2. The minimum Gasteiger partial charge on any atom is -0.274 e. The van der Waals surface area contributed by atoms with Crippen LogP contribution in [0.4, 0.5) is 0 Å². The van der Waals surface area contributed by atoms with Gasteiger partial charge in [-0.3, -0.25) is 14.5 Å². The molecule has 2 amide bonds. The third-order valence-electron chi connectivity index (χ3n) is 5.88. The molecule has 3 nitrogen and oxygen atoms in total. The van der Waals surface area contributed by atoms with Crippen LogP contribution in [0, 0.1) is 13.8 Å². The zero-order valence-corrected chi connectivity index (χ0v) is 19.8. The Bertz CT molecular complexity index is 949. The van der Waals surface area contributed by atoms with Crippen molar-refractivity contribution in [2.45, 2.75) is 65.0 Å². The fourth-order valence-corrected chi connectivity index (χ4v) is 4.91. The van der Waals surface area contributed by atoms with Gasteiger partial charge in [-0.05, 0) is 42.5 Å². The Kier molecular flexibility index (Phi) is 8.53. The monoisotopic (exact) mass is 435 g/mol. The van der Waals surface area contributed by atoms with Crippen molar-refractivity contribution in [3.8, 4) is 0 Å². The Balaban J connectivity index is 1.79. The first-order valence-corrected chi connectivity index (χ1v) is 12.4. The highest BCUT2D eigenvalue weighted by molar-refractivity contribution is 8.03. The molecule has 0 aromatic heterocycles. The van der Waals surface area contributed by atoms with Gasteiger partial charge in [0.15, 0.2) is 0 Å².